The van der Waals surface area contributed by atoms with Gasteiger partial charge in [0.1, 0.15) is 5.82 Å². The van der Waals surface area contributed by atoms with E-state index in [1.54, 1.807) is 19.4 Å². The highest BCUT2D eigenvalue weighted by Crippen LogP contribution is 2.11. The Labute approximate surface area is 110 Å². The van der Waals surface area contributed by atoms with Crippen molar-refractivity contribution in [2.75, 3.05) is 12.4 Å². The molecule has 0 aromatic carbocycles. The summed E-state index contributed by atoms with van der Waals surface area (Å²) in [4.78, 5) is 18.7. The van der Waals surface area contributed by atoms with Crippen LogP contribution in [0.15, 0.2) is 36.7 Å². The zero-order chi connectivity index (χ0) is 13.7. The molecule has 98 valence electrons. The lowest BCUT2D eigenvalue weighted by molar-refractivity contribution is 0.0696. The molecule has 0 bridgehead atoms. The summed E-state index contributed by atoms with van der Waals surface area (Å²) in [5.74, 6) is 0.173. The van der Waals surface area contributed by atoms with Crippen molar-refractivity contribution in [1.29, 1.82) is 0 Å². The second-order valence-electron chi connectivity index (χ2n) is 3.80. The Balaban J connectivity index is 1.99. The molecule has 6 heteroatoms. The molecule has 2 aromatic heterocycles. The smallest absolute Gasteiger partial charge is 0.337 e. The van der Waals surface area contributed by atoms with Gasteiger partial charge in [-0.05, 0) is 23.8 Å². The third-order valence-corrected chi connectivity index (χ3v) is 2.49. The molecule has 0 saturated carbocycles. The first-order chi connectivity index (χ1) is 9.19. The first-order valence-electron chi connectivity index (χ1n) is 5.61. The van der Waals surface area contributed by atoms with Crippen LogP contribution in [0.3, 0.4) is 0 Å². The number of ether oxygens (including phenoxy) is 1. The minimum atomic E-state index is -0.988. The zero-order valence-electron chi connectivity index (χ0n) is 10.3. The van der Waals surface area contributed by atoms with Gasteiger partial charge in [0, 0.05) is 25.0 Å². The summed E-state index contributed by atoms with van der Waals surface area (Å²) in [5, 5.41) is 11.9. The minimum Gasteiger partial charge on any atom is -0.481 e. The van der Waals surface area contributed by atoms with Gasteiger partial charge in [0.05, 0.1) is 12.7 Å². The number of hydrogen-bond acceptors (Lipinski definition) is 5. The topological polar surface area (TPSA) is 84.3 Å². The lowest BCUT2D eigenvalue weighted by Gasteiger charge is -2.06. The number of hydrogen-bond donors (Lipinski definition) is 2. The number of carbonyl (C=O) groups is 1. The Hall–Kier alpha value is -2.63. The van der Waals surface area contributed by atoms with E-state index in [-0.39, 0.29) is 5.56 Å². The normalized spacial score (nSPS) is 9.95. The van der Waals surface area contributed by atoms with Gasteiger partial charge >= 0.3 is 5.97 Å². The number of nitrogens with one attached hydrogen (secondary N) is 1. The van der Waals surface area contributed by atoms with Crippen LogP contribution in [0.25, 0.3) is 0 Å². The maximum absolute atomic E-state index is 10.7. The van der Waals surface area contributed by atoms with Crippen LogP contribution in [-0.4, -0.2) is 28.2 Å². The van der Waals surface area contributed by atoms with Crippen molar-refractivity contribution in [3.63, 3.8) is 0 Å². The van der Waals surface area contributed by atoms with Crippen LogP contribution < -0.4 is 10.1 Å². The molecule has 0 radical (unpaired) electrons. The van der Waals surface area contributed by atoms with Crippen LogP contribution in [0.2, 0.25) is 0 Å². The van der Waals surface area contributed by atoms with E-state index in [1.807, 2.05) is 12.1 Å². The number of aromatic carboxylic acids is 1. The summed E-state index contributed by atoms with van der Waals surface area (Å²) >= 11 is 0. The van der Waals surface area contributed by atoms with Crippen molar-refractivity contribution < 1.29 is 14.6 Å². The van der Waals surface area contributed by atoms with Crippen molar-refractivity contribution >= 4 is 11.8 Å². The van der Waals surface area contributed by atoms with E-state index in [1.165, 1.54) is 12.3 Å². The molecule has 6 nitrogen and oxygen atoms in total. The molecule has 2 rings (SSSR count). The van der Waals surface area contributed by atoms with Crippen molar-refractivity contribution in [3.8, 4) is 5.88 Å². The van der Waals surface area contributed by atoms with Crippen molar-refractivity contribution in [2.24, 2.45) is 0 Å². The summed E-state index contributed by atoms with van der Waals surface area (Å²) < 4.78 is 5.03. The molecule has 0 aliphatic carbocycles. The number of anilines is 1. The van der Waals surface area contributed by atoms with E-state index in [4.69, 9.17) is 9.84 Å². The molecule has 0 aliphatic rings. The summed E-state index contributed by atoms with van der Waals surface area (Å²) in [6, 6.07) is 6.81. The molecule has 0 spiro atoms. The fourth-order valence-electron chi connectivity index (χ4n) is 1.49. The van der Waals surface area contributed by atoms with Gasteiger partial charge in [-0.2, -0.15) is 0 Å². The highest BCUT2D eigenvalue weighted by atomic mass is 16.5. The second kappa shape index (κ2) is 5.81. The van der Waals surface area contributed by atoms with E-state index in [0.717, 1.165) is 5.56 Å². The monoisotopic (exact) mass is 259 g/mol. The number of aromatic nitrogens is 2. The van der Waals surface area contributed by atoms with E-state index >= 15 is 0 Å². The highest BCUT2D eigenvalue weighted by Gasteiger charge is 2.03. The van der Waals surface area contributed by atoms with Crippen molar-refractivity contribution in [1.82, 2.24) is 9.97 Å². The Morgan fingerprint density at radius 2 is 2.21 bits per heavy atom. The molecule has 0 aliphatic heterocycles. The standard InChI is InChI=1S/C13H13N3O3/c1-19-12-6-9(4-5-14-12)7-15-11-3-2-10(8-16-11)13(17)18/h2-6,8H,7H2,1H3,(H,15,16)(H,17,18). The molecule has 0 saturated heterocycles. The van der Waals surface area contributed by atoms with Crippen LogP contribution in [-0.2, 0) is 6.54 Å². The number of pyridine rings is 2. The maximum Gasteiger partial charge on any atom is 0.337 e. The van der Waals surface area contributed by atoms with Gasteiger partial charge < -0.3 is 15.2 Å². The fraction of sp³-hybridized carbons (Fsp3) is 0.154. The Kier molecular flexibility index (Phi) is 3.92. The van der Waals surface area contributed by atoms with Gasteiger partial charge in [0.15, 0.2) is 0 Å². The summed E-state index contributed by atoms with van der Waals surface area (Å²) in [6.45, 7) is 0.554. The van der Waals surface area contributed by atoms with E-state index in [9.17, 15) is 4.79 Å². The van der Waals surface area contributed by atoms with E-state index in [0.29, 0.717) is 18.2 Å². The molecular weight excluding hydrogens is 246 g/mol. The molecule has 2 heterocycles. The van der Waals surface area contributed by atoms with Crippen LogP contribution >= 0.6 is 0 Å². The SMILES string of the molecule is COc1cc(CNc2ccc(C(=O)O)cn2)ccn1. The first-order valence-corrected chi connectivity index (χ1v) is 5.61. The Morgan fingerprint density at radius 1 is 1.37 bits per heavy atom. The van der Waals surface area contributed by atoms with E-state index < -0.39 is 5.97 Å². The molecule has 0 unspecified atom stereocenters. The van der Waals surface area contributed by atoms with Gasteiger partial charge in [-0.25, -0.2) is 14.8 Å². The predicted molar refractivity (Wildman–Crippen MR) is 69.3 cm³/mol. The largest absolute Gasteiger partial charge is 0.481 e. The molecule has 0 atom stereocenters. The highest BCUT2D eigenvalue weighted by molar-refractivity contribution is 5.87. The predicted octanol–water partition coefficient (Wildman–Crippen LogP) is 1.80. The van der Waals surface area contributed by atoms with Gasteiger partial charge in [-0.15, -0.1) is 0 Å². The van der Waals surface area contributed by atoms with Gasteiger partial charge in [0.2, 0.25) is 5.88 Å². The number of carboxylic acids is 1. The van der Waals surface area contributed by atoms with Gasteiger partial charge in [0.25, 0.3) is 0 Å². The Morgan fingerprint density at radius 3 is 2.84 bits per heavy atom. The van der Waals surface area contributed by atoms with Gasteiger partial charge in [-0.1, -0.05) is 0 Å². The first kappa shape index (κ1) is 12.8. The number of carboxylic acid groups (broad SMARTS) is 1. The molecule has 0 amide bonds. The summed E-state index contributed by atoms with van der Waals surface area (Å²) in [6.07, 6.45) is 2.98. The van der Waals surface area contributed by atoms with Crippen molar-refractivity contribution in [2.45, 2.75) is 6.54 Å². The van der Waals surface area contributed by atoms with Crippen LogP contribution in [0, 0.1) is 0 Å². The number of nitrogens with zero attached hydrogens (tertiary/aromatic N) is 2. The average Bonchev–Trinajstić information content (AvgIpc) is 2.46. The zero-order valence-corrected chi connectivity index (χ0v) is 10.3. The molecule has 19 heavy (non-hydrogen) atoms. The quantitative estimate of drug-likeness (QED) is 0.851. The fourth-order valence-corrected chi connectivity index (χ4v) is 1.49. The lowest BCUT2D eigenvalue weighted by atomic mass is 10.2. The van der Waals surface area contributed by atoms with Crippen LogP contribution in [0.1, 0.15) is 15.9 Å². The van der Waals surface area contributed by atoms with Crippen LogP contribution in [0.4, 0.5) is 5.82 Å². The molecular formula is C13H13N3O3. The van der Waals surface area contributed by atoms with Crippen LogP contribution in [0.5, 0.6) is 5.88 Å². The summed E-state index contributed by atoms with van der Waals surface area (Å²) in [7, 11) is 1.56. The van der Waals surface area contributed by atoms with Gasteiger partial charge in [-0.3, -0.25) is 0 Å². The molecule has 0 fully saturated rings. The third-order valence-electron chi connectivity index (χ3n) is 2.49. The molecule has 2 N–H and O–H groups in total. The minimum absolute atomic E-state index is 0.163. The van der Waals surface area contributed by atoms with Crippen molar-refractivity contribution in [3.05, 3.63) is 47.8 Å². The van der Waals surface area contributed by atoms with E-state index in [2.05, 4.69) is 15.3 Å². The number of rotatable bonds is 5. The molecule has 2 aromatic rings. The third kappa shape index (κ3) is 3.41. The summed E-state index contributed by atoms with van der Waals surface area (Å²) in [5.41, 5.74) is 1.16. The lowest BCUT2D eigenvalue weighted by Crippen LogP contribution is -2.03. The maximum atomic E-state index is 10.7. The Bertz CT molecular complexity index is 570. The second-order valence-corrected chi connectivity index (χ2v) is 3.80. The average molecular weight is 259 g/mol. The number of methoxy groups -OCH3 is 1.